The molecule has 10 heteroatoms. The first kappa shape index (κ1) is 23.0. The lowest BCUT2D eigenvalue weighted by molar-refractivity contribution is -0.118. The van der Waals surface area contributed by atoms with E-state index < -0.39 is 10.0 Å². The summed E-state index contributed by atoms with van der Waals surface area (Å²) in [7, 11) is -3.74. The van der Waals surface area contributed by atoms with Crippen LogP contribution in [0.4, 0.5) is 0 Å². The number of amides is 2. The van der Waals surface area contributed by atoms with Gasteiger partial charge in [0.1, 0.15) is 0 Å². The minimum Gasteiger partial charge on any atom is -0.355 e. The molecule has 2 aromatic carbocycles. The van der Waals surface area contributed by atoms with E-state index in [1.807, 2.05) is 30.3 Å². The summed E-state index contributed by atoms with van der Waals surface area (Å²) in [5.41, 5.74) is 1.76. The Morgan fingerprint density at radius 1 is 0.906 bits per heavy atom. The molecule has 1 heterocycles. The minimum atomic E-state index is -3.74. The second kappa shape index (κ2) is 10.6. The number of carbonyl (C=O) groups excluding carboxylic acids is 2. The van der Waals surface area contributed by atoms with E-state index in [9.17, 15) is 18.0 Å². The van der Waals surface area contributed by atoms with Crippen molar-refractivity contribution in [1.29, 1.82) is 0 Å². The Bertz CT molecular complexity index is 1180. The number of carbonyl (C=O) groups is 2. The van der Waals surface area contributed by atoms with Gasteiger partial charge in [-0.05, 0) is 17.7 Å². The molecule has 0 unspecified atom stereocenters. The highest BCUT2D eigenvalue weighted by molar-refractivity contribution is 7.89. The van der Waals surface area contributed by atoms with E-state index in [0.717, 1.165) is 5.56 Å². The summed E-state index contributed by atoms with van der Waals surface area (Å²) in [5, 5.41) is 5.25. The molecule has 0 atom stereocenters. The third-order valence-electron chi connectivity index (χ3n) is 4.40. The number of nitrogens with zero attached hydrogens (tertiary/aromatic N) is 2. The summed E-state index contributed by atoms with van der Waals surface area (Å²) in [6.45, 7) is 1.75. The molecule has 3 N–H and O–H groups in total. The molecule has 0 spiro atoms. The fourth-order valence-corrected chi connectivity index (χ4v) is 3.90. The Balaban J connectivity index is 1.58. The van der Waals surface area contributed by atoms with Crippen LogP contribution in [-0.4, -0.2) is 43.3 Å². The van der Waals surface area contributed by atoms with Gasteiger partial charge < -0.3 is 10.6 Å². The van der Waals surface area contributed by atoms with Crippen LogP contribution in [0, 0.1) is 0 Å². The number of hydrogen-bond donors (Lipinski definition) is 3. The van der Waals surface area contributed by atoms with E-state index in [-0.39, 0.29) is 36.3 Å². The van der Waals surface area contributed by atoms with Gasteiger partial charge in [0.2, 0.25) is 15.9 Å². The first-order valence-corrected chi connectivity index (χ1v) is 11.3. The van der Waals surface area contributed by atoms with Crippen molar-refractivity contribution in [3.63, 3.8) is 0 Å². The van der Waals surface area contributed by atoms with E-state index in [4.69, 9.17) is 0 Å². The smallest absolute Gasteiger partial charge is 0.254 e. The van der Waals surface area contributed by atoms with Crippen LogP contribution < -0.4 is 15.4 Å². The van der Waals surface area contributed by atoms with E-state index in [0.29, 0.717) is 17.0 Å². The van der Waals surface area contributed by atoms with E-state index in [2.05, 4.69) is 25.3 Å². The second-order valence-electron chi connectivity index (χ2n) is 6.87. The van der Waals surface area contributed by atoms with Crippen molar-refractivity contribution in [1.82, 2.24) is 25.3 Å². The quantitative estimate of drug-likeness (QED) is 0.421. The second-order valence-corrected chi connectivity index (χ2v) is 8.64. The molecule has 0 aliphatic rings. The molecule has 0 saturated carbocycles. The van der Waals surface area contributed by atoms with Crippen LogP contribution >= 0.6 is 0 Å². The lowest BCUT2D eigenvalue weighted by atomic mass is 10.2. The number of hydrogen-bond acceptors (Lipinski definition) is 6. The molecular weight excluding hydrogens is 430 g/mol. The molecule has 3 aromatic rings. The standard InChI is InChI=1S/C22H23N5O4S/c1-16(28)23-10-11-27-32(30,31)20-9-5-6-17(12-20)13-26-22(29)19-14-24-21(25-15-19)18-7-3-2-4-8-18/h2-9,12,14-15,27H,10-11,13H2,1H3,(H,23,28)(H,26,29). The molecule has 0 saturated heterocycles. The maximum Gasteiger partial charge on any atom is 0.254 e. The van der Waals surface area contributed by atoms with Crippen LogP contribution in [0.2, 0.25) is 0 Å². The maximum atomic E-state index is 12.4. The molecule has 1 aromatic heterocycles. The fraction of sp³-hybridized carbons (Fsp3) is 0.182. The lowest BCUT2D eigenvalue weighted by Crippen LogP contribution is -2.33. The van der Waals surface area contributed by atoms with Crippen LogP contribution in [0.3, 0.4) is 0 Å². The van der Waals surface area contributed by atoms with Gasteiger partial charge in [0, 0.05) is 44.5 Å². The van der Waals surface area contributed by atoms with Gasteiger partial charge in [-0.25, -0.2) is 23.1 Å². The van der Waals surface area contributed by atoms with E-state index >= 15 is 0 Å². The molecule has 2 amide bonds. The molecule has 0 aliphatic heterocycles. The first-order chi connectivity index (χ1) is 15.3. The van der Waals surface area contributed by atoms with Crippen LogP contribution in [0.25, 0.3) is 11.4 Å². The number of rotatable bonds is 9. The summed E-state index contributed by atoms with van der Waals surface area (Å²) in [5.74, 6) is -0.0839. The third kappa shape index (κ3) is 6.43. The molecule has 0 fully saturated rings. The average Bonchev–Trinajstić information content (AvgIpc) is 2.81. The summed E-state index contributed by atoms with van der Waals surface area (Å²) < 4.78 is 27.2. The van der Waals surface area contributed by atoms with Gasteiger partial charge in [-0.1, -0.05) is 42.5 Å². The highest BCUT2D eigenvalue weighted by atomic mass is 32.2. The number of nitrogens with one attached hydrogen (secondary N) is 3. The number of sulfonamides is 1. The summed E-state index contributed by atoms with van der Waals surface area (Å²) in [6.07, 6.45) is 2.90. The Morgan fingerprint density at radius 3 is 2.31 bits per heavy atom. The average molecular weight is 454 g/mol. The largest absolute Gasteiger partial charge is 0.355 e. The maximum absolute atomic E-state index is 12.4. The highest BCUT2D eigenvalue weighted by Crippen LogP contribution is 2.14. The van der Waals surface area contributed by atoms with Crippen molar-refractivity contribution < 1.29 is 18.0 Å². The number of benzene rings is 2. The molecule has 32 heavy (non-hydrogen) atoms. The highest BCUT2D eigenvalue weighted by Gasteiger charge is 2.14. The van der Waals surface area contributed by atoms with Crippen LogP contribution in [0.1, 0.15) is 22.8 Å². The Labute approximate surface area is 186 Å². The van der Waals surface area contributed by atoms with Crippen LogP contribution in [-0.2, 0) is 21.4 Å². The predicted molar refractivity (Wildman–Crippen MR) is 119 cm³/mol. The normalized spacial score (nSPS) is 11.0. The lowest BCUT2D eigenvalue weighted by Gasteiger charge is -2.10. The summed E-state index contributed by atoms with van der Waals surface area (Å²) >= 11 is 0. The molecule has 0 bridgehead atoms. The van der Waals surface area contributed by atoms with Crippen molar-refractivity contribution in [2.24, 2.45) is 0 Å². The van der Waals surface area contributed by atoms with Gasteiger partial charge in [0.15, 0.2) is 5.82 Å². The van der Waals surface area contributed by atoms with Gasteiger partial charge >= 0.3 is 0 Å². The van der Waals surface area contributed by atoms with Crippen molar-refractivity contribution in [3.05, 3.63) is 78.1 Å². The molecule has 0 aliphatic carbocycles. The zero-order valence-electron chi connectivity index (χ0n) is 17.4. The molecular formula is C22H23N5O4S. The van der Waals surface area contributed by atoms with Gasteiger partial charge in [0.05, 0.1) is 10.5 Å². The topological polar surface area (TPSA) is 130 Å². The molecule has 3 rings (SSSR count). The predicted octanol–water partition coefficient (Wildman–Crippen LogP) is 1.49. The van der Waals surface area contributed by atoms with E-state index in [1.165, 1.54) is 31.5 Å². The third-order valence-corrected chi connectivity index (χ3v) is 5.86. The van der Waals surface area contributed by atoms with Gasteiger partial charge in [0.25, 0.3) is 5.91 Å². The van der Waals surface area contributed by atoms with E-state index in [1.54, 1.807) is 12.1 Å². The van der Waals surface area contributed by atoms with Crippen molar-refractivity contribution in [3.8, 4) is 11.4 Å². The summed E-state index contributed by atoms with van der Waals surface area (Å²) in [4.78, 5) is 31.8. The Hall–Kier alpha value is -3.63. The fourth-order valence-electron chi connectivity index (χ4n) is 2.80. The van der Waals surface area contributed by atoms with Gasteiger partial charge in [-0.2, -0.15) is 0 Å². The molecule has 166 valence electrons. The zero-order chi connectivity index (χ0) is 23.0. The monoisotopic (exact) mass is 453 g/mol. The molecule has 9 nitrogen and oxygen atoms in total. The van der Waals surface area contributed by atoms with Crippen molar-refractivity contribution in [2.75, 3.05) is 13.1 Å². The zero-order valence-corrected chi connectivity index (χ0v) is 18.2. The van der Waals surface area contributed by atoms with Crippen molar-refractivity contribution >= 4 is 21.8 Å². The minimum absolute atomic E-state index is 0.0713. The number of aromatic nitrogens is 2. The molecule has 0 radical (unpaired) electrons. The Morgan fingerprint density at radius 2 is 1.62 bits per heavy atom. The SMILES string of the molecule is CC(=O)NCCNS(=O)(=O)c1cccc(CNC(=O)c2cnc(-c3ccccc3)nc2)c1. The van der Waals surface area contributed by atoms with Crippen molar-refractivity contribution in [2.45, 2.75) is 18.4 Å². The van der Waals surface area contributed by atoms with Gasteiger partial charge in [-0.3, -0.25) is 9.59 Å². The summed E-state index contributed by atoms with van der Waals surface area (Å²) in [6, 6.07) is 15.7. The Kier molecular flexibility index (Phi) is 7.63. The first-order valence-electron chi connectivity index (χ1n) is 9.84. The van der Waals surface area contributed by atoms with Crippen LogP contribution in [0.15, 0.2) is 71.9 Å². The van der Waals surface area contributed by atoms with Crippen LogP contribution in [0.5, 0.6) is 0 Å². The van der Waals surface area contributed by atoms with Gasteiger partial charge in [-0.15, -0.1) is 0 Å².